The third-order valence-corrected chi connectivity index (χ3v) is 4.68. The van der Waals surface area contributed by atoms with Crippen molar-refractivity contribution >= 4 is 21.8 Å². The summed E-state index contributed by atoms with van der Waals surface area (Å²) in [5.74, 6) is 0.653. The summed E-state index contributed by atoms with van der Waals surface area (Å²) < 4.78 is 12.3. The second kappa shape index (κ2) is 5.20. The number of aromatic nitrogens is 2. The third kappa shape index (κ3) is 2.47. The predicted octanol–water partition coefficient (Wildman–Crippen LogP) is 1.81. The molecule has 1 fully saturated rings. The van der Waals surface area contributed by atoms with E-state index in [4.69, 9.17) is 0 Å². The van der Waals surface area contributed by atoms with Gasteiger partial charge >= 0.3 is 0 Å². The number of imidazole rings is 1. The lowest BCUT2D eigenvalue weighted by Gasteiger charge is -2.22. The van der Waals surface area contributed by atoms with Crippen molar-refractivity contribution in [1.29, 1.82) is 0 Å². The molecule has 18 heavy (non-hydrogen) atoms. The highest BCUT2D eigenvalue weighted by atomic mass is 32.2. The molecule has 1 saturated heterocycles. The molecular weight excluding hydrogens is 246 g/mol. The molecule has 2 aromatic rings. The van der Waals surface area contributed by atoms with Crippen LogP contribution in [0.3, 0.4) is 0 Å². The Bertz CT molecular complexity index is 527. The van der Waals surface area contributed by atoms with Gasteiger partial charge in [0.05, 0.1) is 21.8 Å². The maximum atomic E-state index is 12.3. The van der Waals surface area contributed by atoms with Crippen molar-refractivity contribution in [2.24, 2.45) is 0 Å². The van der Waals surface area contributed by atoms with E-state index in [2.05, 4.69) is 15.3 Å². The van der Waals surface area contributed by atoms with E-state index >= 15 is 0 Å². The molecular formula is C13H17N3OS. The van der Waals surface area contributed by atoms with Gasteiger partial charge in [0.25, 0.3) is 0 Å². The molecule has 2 N–H and O–H groups in total. The van der Waals surface area contributed by atoms with Gasteiger partial charge in [0.1, 0.15) is 0 Å². The van der Waals surface area contributed by atoms with Crippen molar-refractivity contribution < 1.29 is 4.21 Å². The van der Waals surface area contributed by atoms with Gasteiger partial charge in [-0.15, -0.1) is 0 Å². The Balaban J connectivity index is 1.74. The van der Waals surface area contributed by atoms with Crippen LogP contribution in [0, 0.1) is 0 Å². The van der Waals surface area contributed by atoms with Crippen molar-refractivity contribution in [2.45, 2.75) is 30.5 Å². The molecule has 0 bridgehead atoms. The van der Waals surface area contributed by atoms with E-state index in [-0.39, 0.29) is 0 Å². The van der Waals surface area contributed by atoms with Gasteiger partial charge in [-0.3, -0.25) is 4.21 Å². The van der Waals surface area contributed by atoms with Crippen LogP contribution >= 0.6 is 0 Å². The van der Waals surface area contributed by atoms with Crippen molar-refractivity contribution in [3.8, 4) is 0 Å². The lowest BCUT2D eigenvalue weighted by Crippen LogP contribution is -2.38. The topological polar surface area (TPSA) is 57.8 Å². The number of rotatable bonds is 3. The van der Waals surface area contributed by atoms with Gasteiger partial charge in [-0.1, -0.05) is 18.6 Å². The molecule has 0 unspecified atom stereocenters. The van der Waals surface area contributed by atoms with Crippen molar-refractivity contribution in [3.05, 3.63) is 24.3 Å². The van der Waals surface area contributed by atoms with Crippen LogP contribution in [0.15, 0.2) is 29.4 Å². The van der Waals surface area contributed by atoms with Gasteiger partial charge in [-0.25, -0.2) is 4.98 Å². The fraction of sp³-hybridized carbons (Fsp3) is 0.462. The van der Waals surface area contributed by atoms with E-state index in [1.165, 1.54) is 12.8 Å². The van der Waals surface area contributed by atoms with E-state index in [9.17, 15) is 4.21 Å². The number of nitrogens with one attached hydrogen (secondary N) is 2. The lowest BCUT2D eigenvalue weighted by atomic mass is 10.1. The summed E-state index contributed by atoms with van der Waals surface area (Å²) >= 11 is 0. The summed E-state index contributed by atoms with van der Waals surface area (Å²) in [5, 5.41) is 4.02. The third-order valence-electron chi connectivity index (χ3n) is 3.35. The minimum absolute atomic E-state index is 0.368. The van der Waals surface area contributed by atoms with Crippen LogP contribution in [0.25, 0.3) is 11.0 Å². The van der Waals surface area contributed by atoms with E-state index in [1.807, 2.05) is 24.3 Å². The van der Waals surface area contributed by atoms with Crippen LogP contribution < -0.4 is 5.32 Å². The minimum Gasteiger partial charge on any atom is -0.331 e. The quantitative estimate of drug-likeness (QED) is 0.888. The largest absolute Gasteiger partial charge is 0.331 e. The number of nitrogens with zero attached hydrogens (tertiary/aromatic N) is 1. The standard InChI is InChI=1S/C13H17N3OS/c17-18(9-10-5-3-4-8-14-10)13-15-11-6-1-2-7-12(11)16-13/h1-2,6-7,10,14H,3-5,8-9H2,(H,15,16)/t10-,18-/m1/s1. The zero-order chi connectivity index (χ0) is 12.4. The second-order valence-corrected chi connectivity index (χ2v) is 6.13. The van der Waals surface area contributed by atoms with Gasteiger partial charge in [-0.05, 0) is 31.5 Å². The molecule has 5 heteroatoms. The maximum absolute atomic E-state index is 12.3. The van der Waals surface area contributed by atoms with Gasteiger partial charge in [0.15, 0.2) is 5.16 Å². The molecule has 2 atom stereocenters. The molecule has 0 spiro atoms. The molecule has 2 heterocycles. The molecule has 3 rings (SSSR count). The predicted molar refractivity (Wildman–Crippen MR) is 73.0 cm³/mol. The molecule has 1 aliphatic heterocycles. The van der Waals surface area contributed by atoms with Gasteiger partial charge in [-0.2, -0.15) is 0 Å². The maximum Gasteiger partial charge on any atom is 0.197 e. The molecule has 0 saturated carbocycles. The fourth-order valence-electron chi connectivity index (χ4n) is 2.37. The van der Waals surface area contributed by atoms with Crippen LogP contribution in [0.4, 0.5) is 0 Å². The lowest BCUT2D eigenvalue weighted by molar-refractivity contribution is 0.427. The van der Waals surface area contributed by atoms with Crippen LogP contribution in [-0.4, -0.2) is 32.5 Å². The first-order valence-electron chi connectivity index (χ1n) is 6.39. The summed E-state index contributed by atoms with van der Waals surface area (Å²) in [6.07, 6.45) is 3.58. The highest BCUT2D eigenvalue weighted by Gasteiger charge is 2.18. The fourth-order valence-corrected chi connectivity index (χ4v) is 3.60. The first-order valence-corrected chi connectivity index (χ1v) is 7.71. The van der Waals surface area contributed by atoms with Crippen molar-refractivity contribution in [2.75, 3.05) is 12.3 Å². The Labute approximate surface area is 109 Å². The van der Waals surface area contributed by atoms with E-state index in [0.29, 0.717) is 17.0 Å². The molecule has 4 nitrogen and oxygen atoms in total. The van der Waals surface area contributed by atoms with Crippen LogP contribution in [0.2, 0.25) is 0 Å². The minimum atomic E-state index is -1.04. The zero-order valence-corrected chi connectivity index (χ0v) is 11.0. The van der Waals surface area contributed by atoms with E-state index in [0.717, 1.165) is 24.0 Å². The van der Waals surface area contributed by atoms with Crippen molar-refractivity contribution in [1.82, 2.24) is 15.3 Å². The van der Waals surface area contributed by atoms with Crippen LogP contribution in [0.5, 0.6) is 0 Å². The van der Waals surface area contributed by atoms with E-state index in [1.54, 1.807) is 0 Å². The number of para-hydroxylation sites is 2. The number of H-pyrrole nitrogens is 1. The number of aromatic amines is 1. The van der Waals surface area contributed by atoms with E-state index < -0.39 is 10.8 Å². The Kier molecular flexibility index (Phi) is 3.43. The normalized spacial score (nSPS) is 22.1. The molecule has 0 radical (unpaired) electrons. The molecule has 1 aromatic carbocycles. The van der Waals surface area contributed by atoms with Crippen LogP contribution in [-0.2, 0) is 10.8 Å². The summed E-state index contributed by atoms with van der Waals surface area (Å²) in [6.45, 7) is 1.04. The van der Waals surface area contributed by atoms with Gasteiger partial charge < -0.3 is 10.3 Å². The van der Waals surface area contributed by atoms with Gasteiger partial charge in [0, 0.05) is 11.8 Å². The number of piperidine rings is 1. The summed E-state index contributed by atoms with van der Waals surface area (Å²) in [7, 11) is -1.04. The zero-order valence-electron chi connectivity index (χ0n) is 10.2. The Morgan fingerprint density at radius 2 is 2.22 bits per heavy atom. The average Bonchev–Trinajstić information content (AvgIpc) is 2.84. The molecule has 96 valence electrons. The highest BCUT2D eigenvalue weighted by molar-refractivity contribution is 7.84. The Morgan fingerprint density at radius 1 is 1.33 bits per heavy atom. The Morgan fingerprint density at radius 3 is 3.00 bits per heavy atom. The first kappa shape index (κ1) is 11.9. The molecule has 0 amide bonds. The average molecular weight is 263 g/mol. The number of fused-ring (bicyclic) bond motifs is 1. The summed E-state index contributed by atoms with van der Waals surface area (Å²) in [6, 6.07) is 8.16. The van der Waals surface area contributed by atoms with Crippen molar-refractivity contribution in [3.63, 3.8) is 0 Å². The number of hydrogen-bond donors (Lipinski definition) is 2. The van der Waals surface area contributed by atoms with Crippen LogP contribution in [0.1, 0.15) is 19.3 Å². The molecule has 1 aliphatic rings. The van der Waals surface area contributed by atoms with Gasteiger partial charge in [0.2, 0.25) is 0 Å². The highest BCUT2D eigenvalue weighted by Crippen LogP contribution is 2.15. The first-order chi connectivity index (χ1) is 8.83. The smallest absolute Gasteiger partial charge is 0.197 e. The second-order valence-electron chi connectivity index (χ2n) is 4.72. The molecule has 1 aromatic heterocycles. The number of benzene rings is 1. The molecule has 0 aliphatic carbocycles. The summed E-state index contributed by atoms with van der Waals surface area (Å²) in [5.41, 5.74) is 1.84. The SMILES string of the molecule is O=[S@](C[C@H]1CCCCN1)c1nc2ccccc2[nH]1. The Hall–Kier alpha value is -1.20. The monoisotopic (exact) mass is 263 g/mol. The number of hydrogen-bond acceptors (Lipinski definition) is 3. The summed E-state index contributed by atoms with van der Waals surface area (Å²) in [4.78, 5) is 7.54.